The Morgan fingerprint density at radius 3 is 2.66 bits per heavy atom. The second-order valence-corrected chi connectivity index (χ2v) is 8.04. The quantitative estimate of drug-likeness (QED) is 0.405. The molecule has 5 rings (SSSR count). The number of fused-ring (bicyclic) bond motifs is 1. The van der Waals surface area contributed by atoms with Gasteiger partial charge >= 0.3 is 0 Å². The molecule has 0 saturated carbocycles. The molecule has 0 bridgehead atoms. The summed E-state index contributed by atoms with van der Waals surface area (Å²) in [7, 11) is 0. The largest absolute Gasteiger partial charge is 0.486 e. The summed E-state index contributed by atoms with van der Waals surface area (Å²) in [5.74, 6) is 2.45. The summed E-state index contributed by atoms with van der Waals surface area (Å²) < 4.78 is 22.4. The van der Waals surface area contributed by atoms with Crippen LogP contribution in [-0.2, 0) is 11.3 Å². The molecule has 0 aliphatic carbocycles. The van der Waals surface area contributed by atoms with E-state index in [0.29, 0.717) is 72.3 Å². The predicted molar refractivity (Wildman–Crippen MR) is 127 cm³/mol. The molecule has 10 heteroatoms. The van der Waals surface area contributed by atoms with Crippen molar-refractivity contribution < 1.29 is 23.2 Å². The van der Waals surface area contributed by atoms with Crippen molar-refractivity contribution >= 4 is 11.6 Å². The van der Waals surface area contributed by atoms with Crippen LogP contribution >= 0.6 is 0 Å². The van der Waals surface area contributed by atoms with Crippen molar-refractivity contribution in [1.82, 2.24) is 20.3 Å². The average molecular weight is 476 g/mol. The Morgan fingerprint density at radius 2 is 1.86 bits per heavy atom. The molecule has 0 atom stereocenters. The van der Waals surface area contributed by atoms with Gasteiger partial charge in [-0.05, 0) is 25.6 Å². The zero-order valence-electron chi connectivity index (χ0n) is 19.5. The van der Waals surface area contributed by atoms with Gasteiger partial charge in [0.15, 0.2) is 11.5 Å². The highest BCUT2D eigenvalue weighted by Crippen LogP contribution is 2.34. The summed E-state index contributed by atoms with van der Waals surface area (Å²) in [5, 5.41) is 15.5. The molecule has 0 unspecified atom stereocenters. The summed E-state index contributed by atoms with van der Waals surface area (Å²) in [4.78, 5) is 14.6. The first-order valence-electron chi connectivity index (χ1n) is 11.4. The molecule has 4 aromatic rings. The minimum atomic E-state index is -0.162. The number of nitrogens with zero attached hydrogens (tertiary/aromatic N) is 4. The van der Waals surface area contributed by atoms with Gasteiger partial charge in [0, 0.05) is 17.3 Å². The third-order valence-electron chi connectivity index (χ3n) is 5.59. The lowest BCUT2D eigenvalue weighted by atomic mass is 10.1. The smallest absolute Gasteiger partial charge is 0.253 e. The van der Waals surface area contributed by atoms with E-state index in [1.165, 1.54) is 0 Å². The van der Waals surface area contributed by atoms with Gasteiger partial charge in [-0.25, -0.2) is 0 Å². The highest BCUT2D eigenvalue weighted by atomic mass is 16.6. The molecule has 10 nitrogen and oxygen atoms in total. The number of ether oxygens (including phenoxy) is 2. The lowest BCUT2D eigenvalue weighted by molar-refractivity contribution is -0.117. The summed E-state index contributed by atoms with van der Waals surface area (Å²) in [6.07, 6.45) is 0. The number of rotatable bonds is 8. The van der Waals surface area contributed by atoms with Crippen molar-refractivity contribution in [2.45, 2.75) is 20.4 Å². The van der Waals surface area contributed by atoms with E-state index in [1.807, 2.05) is 42.2 Å². The average Bonchev–Trinajstić information content (AvgIpc) is 3.50. The molecule has 2 aromatic heterocycles. The molecule has 1 aliphatic heterocycles. The number of aryl methyl sites for hydroxylation is 1. The van der Waals surface area contributed by atoms with E-state index in [4.69, 9.17) is 18.4 Å². The summed E-state index contributed by atoms with van der Waals surface area (Å²) in [6.45, 7) is 5.87. The Balaban J connectivity index is 1.25. The Morgan fingerprint density at radius 1 is 1.06 bits per heavy atom. The zero-order chi connectivity index (χ0) is 24.2. The van der Waals surface area contributed by atoms with E-state index >= 15 is 0 Å². The second kappa shape index (κ2) is 9.98. The van der Waals surface area contributed by atoms with E-state index in [9.17, 15) is 4.79 Å². The molecular weight excluding hydrogens is 450 g/mol. The number of hydrogen-bond acceptors (Lipinski definition) is 9. The number of nitrogens with one attached hydrogen (secondary N) is 1. The van der Waals surface area contributed by atoms with Gasteiger partial charge in [-0.15, -0.1) is 10.2 Å². The lowest BCUT2D eigenvalue weighted by Crippen LogP contribution is -2.32. The normalized spacial score (nSPS) is 12.7. The molecule has 0 spiro atoms. The standard InChI is InChI=1S/C25H25N5O5/c1-3-30(14-21(31)26-18-9-10-19-20(13-18)33-12-11-32-19)15-22-27-28-25(34-22)23-16(2)35-29-24(23)17-7-5-4-6-8-17/h4-10,13H,3,11-12,14-15H2,1-2H3,(H,26,31). The maximum atomic E-state index is 12.7. The van der Waals surface area contributed by atoms with Crippen LogP contribution < -0.4 is 14.8 Å². The Hall–Kier alpha value is -4.18. The molecule has 1 amide bonds. The fourth-order valence-electron chi connectivity index (χ4n) is 3.83. The second-order valence-electron chi connectivity index (χ2n) is 8.04. The minimum Gasteiger partial charge on any atom is -0.486 e. The van der Waals surface area contributed by atoms with Crippen LogP contribution in [0.25, 0.3) is 22.7 Å². The van der Waals surface area contributed by atoms with Crippen molar-refractivity contribution in [2.24, 2.45) is 0 Å². The van der Waals surface area contributed by atoms with Crippen LogP contribution in [0.4, 0.5) is 5.69 Å². The van der Waals surface area contributed by atoms with Crippen molar-refractivity contribution in [2.75, 3.05) is 31.6 Å². The monoisotopic (exact) mass is 475 g/mol. The first kappa shape index (κ1) is 22.6. The maximum Gasteiger partial charge on any atom is 0.253 e. The molecule has 3 heterocycles. The van der Waals surface area contributed by atoms with Crippen LogP contribution in [0.5, 0.6) is 11.5 Å². The Bertz CT molecular complexity index is 1320. The van der Waals surface area contributed by atoms with Gasteiger partial charge in [-0.3, -0.25) is 9.69 Å². The summed E-state index contributed by atoms with van der Waals surface area (Å²) >= 11 is 0. The maximum absolute atomic E-state index is 12.7. The third-order valence-corrected chi connectivity index (χ3v) is 5.59. The molecule has 0 saturated heterocycles. The molecule has 0 fully saturated rings. The van der Waals surface area contributed by atoms with E-state index in [0.717, 1.165) is 5.56 Å². The minimum absolute atomic E-state index is 0.157. The van der Waals surface area contributed by atoms with Gasteiger partial charge < -0.3 is 23.7 Å². The zero-order valence-corrected chi connectivity index (χ0v) is 19.5. The number of hydrogen-bond donors (Lipinski definition) is 1. The predicted octanol–water partition coefficient (Wildman–Crippen LogP) is 3.93. The van der Waals surface area contributed by atoms with Crippen molar-refractivity contribution in [3.05, 3.63) is 60.2 Å². The molecule has 1 N–H and O–H groups in total. The number of likely N-dealkylation sites (N-methyl/N-ethyl adjacent to an activating group) is 1. The van der Waals surface area contributed by atoms with Gasteiger partial charge in [0.1, 0.15) is 30.2 Å². The number of anilines is 1. The summed E-state index contributed by atoms with van der Waals surface area (Å²) in [6, 6.07) is 15.0. The first-order chi connectivity index (χ1) is 17.1. The van der Waals surface area contributed by atoms with Gasteiger partial charge in [0.2, 0.25) is 11.8 Å². The molecule has 180 valence electrons. The highest BCUT2D eigenvalue weighted by molar-refractivity contribution is 5.92. The fraction of sp³-hybridized carbons (Fsp3) is 0.280. The lowest BCUT2D eigenvalue weighted by Gasteiger charge is -2.20. The van der Waals surface area contributed by atoms with E-state index < -0.39 is 0 Å². The van der Waals surface area contributed by atoms with Gasteiger partial charge in [0.25, 0.3) is 5.89 Å². The first-order valence-corrected chi connectivity index (χ1v) is 11.4. The van der Waals surface area contributed by atoms with E-state index in [1.54, 1.807) is 25.1 Å². The van der Waals surface area contributed by atoms with Crippen LogP contribution in [-0.4, -0.2) is 52.5 Å². The molecule has 2 aromatic carbocycles. The van der Waals surface area contributed by atoms with Crippen LogP contribution in [0.15, 0.2) is 57.5 Å². The van der Waals surface area contributed by atoms with Crippen molar-refractivity contribution in [1.29, 1.82) is 0 Å². The number of carbonyl (C=O) groups is 1. The van der Waals surface area contributed by atoms with Gasteiger partial charge in [-0.2, -0.15) is 0 Å². The third kappa shape index (κ3) is 5.02. The number of carbonyl (C=O) groups excluding carboxylic acids is 1. The highest BCUT2D eigenvalue weighted by Gasteiger charge is 2.23. The number of amides is 1. The van der Waals surface area contributed by atoms with E-state index in [2.05, 4.69) is 20.7 Å². The molecular formula is C25H25N5O5. The van der Waals surface area contributed by atoms with Crippen LogP contribution in [0, 0.1) is 6.92 Å². The van der Waals surface area contributed by atoms with Gasteiger partial charge in [-0.1, -0.05) is 42.4 Å². The van der Waals surface area contributed by atoms with E-state index in [-0.39, 0.29) is 12.5 Å². The van der Waals surface area contributed by atoms with Crippen LogP contribution in [0.3, 0.4) is 0 Å². The molecule has 1 aliphatic rings. The molecule has 35 heavy (non-hydrogen) atoms. The SMILES string of the molecule is CCN(CC(=O)Nc1ccc2c(c1)OCCO2)Cc1nnc(-c2c(-c3ccccc3)noc2C)o1. The topological polar surface area (TPSA) is 116 Å². The van der Waals surface area contributed by atoms with Crippen LogP contribution in [0.1, 0.15) is 18.6 Å². The van der Waals surface area contributed by atoms with Crippen molar-refractivity contribution in [3.8, 4) is 34.2 Å². The van der Waals surface area contributed by atoms with Crippen molar-refractivity contribution in [3.63, 3.8) is 0 Å². The number of benzene rings is 2. The van der Waals surface area contributed by atoms with Gasteiger partial charge in [0.05, 0.1) is 13.1 Å². The molecule has 0 radical (unpaired) electrons. The fourth-order valence-corrected chi connectivity index (χ4v) is 3.83. The summed E-state index contributed by atoms with van der Waals surface area (Å²) in [5.41, 5.74) is 2.84. The Labute approximate surface area is 201 Å². The van der Waals surface area contributed by atoms with Crippen LogP contribution in [0.2, 0.25) is 0 Å². The number of aromatic nitrogens is 3. The Kier molecular flexibility index (Phi) is 6.44.